The fourth-order valence-corrected chi connectivity index (χ4v) is 1.36. The maximum absolute atomic E-state index is 8.82. The summed E-state index contributed by atoms with van der Waals surface area (Å²) in [5, 5.41) is 12.1. The number of rotatable bonds is 1. The highest BCUT2D eigenvalue weighted by Gasteiger charge is 2.18. The largest absolute Gasteiger partial charge is 0.396 e. The van der Waals surface area contributed by atoms with Gasteiger partial charge in [0, 0.05) is 12.6 Å². The van der Waals surface area contributed by atoms with Crippen LogP contribution >= 0.6 is 0 Å². The van der Waals surface area contributed by atoms with E-state index in [1.165, 1.54) is 12.8 Å². The number of hydrogen-bond donors (Lipinski definition) is 2. The highest BCUT2D eigenvalue weighted by Crippen LogP contribution is 2.14. The molecule has 0 aromatic rings. The van der Waals surface area contributed by atoms with Gasteiger partial charge in [-0.25, -0.2) is 0 Å². The Bertz CT molecular complexity index is 85.0. The van der Waals surface area contributed by atoms with E-state index in [1.807, 2.05) is 0 Å². The van der Waals surface area contributed by atoms with E-state index in [4.69, 9.17) is 5.11 Å². The summed E-state index contributed by atoms with van der Waals surface area (Å²) < 4.78 is 0. The van der Waals surface area contributed by atoms with Gasteiger partial charge in [0.2, 0.25) is 0 Å². The van der Waals surface area contributed by atoms with Crippen LogP contribution in [0.25, 0.3) is 0 Å². The normalized spacial score (nSPS) is 36.7. The van der Waals surface area contributed by atoms with Gasteiger partial charge in [-0.15, -0.1) is 0 Å². The molecule has 2 heteroatoms. The van der Waals surface area contributed by atoms with Crippen LogP contribution in [0, 0.1) is 5.92 Å². The van der Waals surface area contributed by atoms with E-state index in [1.54, 1.807) is 0 Å². The summed E-state index contributed by atoms with van der Waals surface area (Å²) in [5.41, 5.74) is 0. The maximum Gasteiger partial charge on any atom is 0.0474 e. The van der Waals surface area contributed by atoms with Crippen molar-refractivity contribution in [1.29, 1.82) is 0 Å². The van der Waals surface area contributed by atoms with Gasteiger partial charge < -0.3 is 10.4 Å². The second kappa shape index (κ2) is 3.18. The first-order valence-electron chi connectivity index (χ1n) is 3.69. The lowest BCUT2D eigenvalue weighted by Crippen LogP contribution is -2.40. The molecule has 0 spiro atoms. The second-order valence-corrected chi connectivity index (χ2v) is 2.83. The number of aliphatic hydroxyl groups is 1. The quantitative estimate of drug-likeness (QED) is 0.536. The van der Waals surface area contributed by atoms with E-state index in [-0.39, 0.29) is 0 Å². The molecule has 1 heterocycles. The van der Waals surface area contributed by atoms with Crippen molar-refractivity contribution in [3.8, 4) is 0 Å². The molecule has 0 bridgehead atoms. The van der Waals surface area contributed by atoms with E-state index < -0.39 is 0 Å². The molecule has 2 nitrogen and oxygen atoms in total. The topological polar surface area (TPSA) is 32.3 Å². The Morgan fingerprint density at radius 3 is 2.89 bits per heavy atom. The molecule has 0 unspecified atom stereocenters. The lowest BCUT2D eigenvalue weighted by Gasteiger charge is -2.27. The molecule has 1 fully saturated rings. The van der Waals surface area contributed by atoms with Crippen molar-refractivity contribution in [2.24, 2.45) is 5.92 Å². The van der Waals surface area contributed by atoms with Crippen molar-refractivity contribution < 1.29 is 5.11 Å². The number of aliphatic hydroxyl groups excluding tert-OH is 1. The first kappa shape index (κ1) is 7.03. The van der Waals surface area contributed by atoms with E-state index in [0.29, 0.717) is 18.6 Å². The van der Waals surface area contributed by atoms with Crippen molar-refractivity contribution in [2.75, 3.05) is 13.2 Å². The van der Waals surface area contributed by atoms with Crippen LogP contribution in [0.1, 0.15) is 19.8 Å². The van der Waals surface area contributed by atoms with Crippen LogP contribution in [-0.2, 0) is 0 Å². The van der Waals surface area contributed by atoms with Gasteiger partial charge in [0.25, 0.3) is 0 Å². The van der Waals surface area contributed by atoms with Crippen LogP contribution < -0.4 is 5.32 Å². The van der Waals surface area contributed by atoms with Gasteiger partial charge >= 0.3 is 0 Å². The summed E-state index contributed by atoms with van der Waals surface area (Å²) in [4.78, 5) is 0. The second-order valence-electron chi connectivity index (χ2n) is 2.83. The van der Waals surface area contributed by atoms with Crippen molar-refractivity contribution in [1.82, 2.24) is 5.32 Å². The molecular weight excluding hydrogens is 114 g/mol. The molecule has 1 aliphatic heterocycles. The fraction of sp³-hybridized carbons (Fsp3) is 1.00. The summed E-state index contributed by atoms with van der Waals surface area (Å²) in [5.74, 6) is 0.499. The third-order valence-corrected chi connectivity index (χ3v) is 2.16. The first-order valence-corrected chi connectivity index (χ1v) is 3.69. The SMILES string of the molecule is C[C@@H]1NCCC[C@@H]1CO. The predicted molar refractivity (Wildman–Crippen MR) is 37.3 cm³/mol. The average Bonchev–Trinajstić information content (AvgIpc) is 1.89. The standard InChI is InChI=1S/C7H15NO/c1-6-7(5-9)3-2-4-8-6/h6-9H,2-5H2,1H3/t6-,7+/m0/s1. The molecule has 1 saturated heterocycles. The van der Waals surface area contributed by atoms with Crippen molar-refractivity contribution in [3.63, 3.8) is 0 Å². The van der Waals surface area contributed by atoms with Crippen molar-refractivity contribution >= 4 is 0 Å². The van der Waals surface area contributed by atoms with Crippen LogP contribution in [-0.4, -0.2) is 24.3 Å². The number of piperidine rings is 1. The number of nitrogens with one attached hydrogen (secondary N) is 1. The zero-order chi connectivity index (χ0) is 6.69. The van der Waals surface area contributed by atoms with Crippen LogP contribution in [0.15, 0.2) is 0 Å². The van der Waals surface area contributed by atoms with Gasteiger partial charge in [0.15, 0.2) is 0 Å². The highest BCUT2D eigenvalue weighted by molar-refractivity contribution is 4.76. The van der Waals surface area contributed by atoms with Crippen LogP contribution in [0.5, 0.6) is 0 Å². The Kier molecular flexibility index (Phi) is 2.49. The lowest BCUT2D eigenvalue weighted by molar-refractivity contribution is 0.167. The Labute approximate surface area is 56.3 Å². The minimum atomic E-state index is 0.341. The maximum atomic E-state index is 8.82. The van der Waals surface area contributed by atoms with E-state index in [2.05, 4.69) is 12.2 Å². The van der Waals surface area contributed by atoms with Crippen molar-refractivity contribution in [2.45, 2.75) is 25.8 Å². The minimum absolute atomic E-state index is 0.341. The summed E-state index contributed by atoms with van der Waals surface area (Å²) in [7, 11) is 0. The van der Waals surface area contributed by atoms with Gasteiger partial charge in [0.1, 0.15) is 0 Å². The van der Waals surface area contributed by atoms with Gasteiger partial charge in [-0.1, -0.05) is 0 Å². The number of hydrogen-bond acceptors (Lipinski definition) is 2. The summed E-state index contributed by atoms with van der Waals surface area (Å²) in [6.07, 6.45) is 2.40. The van der Waals surface area contributed by atoms with Gasteiger partial charge in [0.05, 0.1) is 0 Å². The van der Waals surface area contributed by atoms with Gasteiger partial charge in [-0.2, -0.15) is 0 Å². The van der Waals surface area contributed by atoms with Crippen LogP contribution in [0.3, 0.4) is 0 Å². The molecule has 0 amide bonds. The molecule has 1 aliphatic rings. The molecule has 54 valence electrons. The molecule has 9 heavy (non-hydrogen) atoms. The summed E-state index contributed by atoms with van der Waals surface area (Å²) >= 11 is 0. The smallest absolute Gasteiger partial charge is 0.0474 e. The zero-order valence-corrected chi connectivity index (χ0v) is 5.93. The Hall–Kier alpha value is -0.0800. The first-order chi connectivity index (χ1) is 4.34. The molecule has 0 aromatic heterocycles. The molecule has 0 radical (unpaired) electrons. The summed E-state index contributed by atoms with van der Waals surface area (Å²) in [6, 6.07) is 0.517. The lowest BCUT2D eigenvalue weighted by atomic mass is 9.93. The third kappa shape index (κ3) is 1.66. The molecule has 0 saturated carbocycles. The zero-order valence-electron chi connectivity index (χ0n) is 5.93. The van der Waals surface area contributed by atoms with E-state index >= 15 is 0 Å². The summed E-state index contributed by atoms with van der Waals surface area (Å²) in [6.45, 7) is 3.60. The van der Waals surface area contributed by atoms with E-state index in [9.17, 15) is 0 Å². The van der Waals surface area contributed by atoms with Crippen LogP contribution in [0.4, 0.5) is 0 Å². The average molecular weight is 129 g/mol. The van der Waals surface area contributed by atoms with Gasteiger partial charge in [-0.3, -0.25) is 0 Å². The Balaban J connectivity index is 2.30. The highest BCUT2D eigenvalue weighted by atomic mass is 16.3. The third-order valence-electron chi connectivity index (χ3n) is 2.16. The van der Waals surface area contributed by atoms with Crippen LogP contribution in [0.2, 0.25) is 0 Å². The Morgan fingerprint density at radius 1 is 1.67 bits per heavy atom. The molecule has 0 aromatic carbocycles. The molecule has 1 rings (SSSR count). The monoisotopic (exact) mass is 129 g/mol. The minimum Gasteiger partial charge on any atom is -0.396 e. The molecular formula is C7H15NO. The predicted octanol–water partition coefficient (Wildman–Crippen LogP) is 0.367. The molecule has 2 atom stereocenters. The van der Waals surface area contributed by atoms with Gasteiger partial charge in [-0.05, 0) is 32.2 Å². The Morgan fingerprint density at radius 2 is 2.44 bits per heavy atom. The molecule has 2 N–H and O–H groups in total. The van der Waals surface area contributed by atoms with E-state index in [0.717, 1.165) is 6.54 Å². The molecule has 0 aliphatic carbocycles. The fourth-order valence-electron chi connectivity index (χ4n) is 1.36. The van der Waals surface area contributed by atoms with Crippen molar-refractivity contribution in [3.05, 3.63) is 0 Å².